The quantitative estimate of drug-likeness (QED) is 0.643. The third kappa shape index (κ3) is 4.57. The summed E-state index contributed by atoms with van der Waals surface area (Å²) in [6.45, 7) is 1.96. The van der Waals surface area contributed by atoms with Crippen LogP contribution in [0.2, 0.25) is 5.02 Å². The molecule has 0 saturated heterocycles. The maximum absolute atomic E-state index is 12.2. The summed E-state index contributed by atoms with van der Waals surface area (Å²) in [7, 11) is 3.08. The van der Waals surface area contributed by atoms with E-state index in [2.05, 4.69) is 10.5 Å². The minimum atomic E-state index is -0.757. The Kier molecular flexibility index (Phi) is 6.35. The minimum Gasteiger partial charge on any atom is -0.496 e. The minimum absolute atomic E-state index is 0.366. The van der Waals surface area contributed by atoms with Gasteiger partial charge in [0.15, 0.2) is 6.10 Å². The van der Waals surface area contributed by atoms with Gasteiger partial charge in [-0.3, -0.25) is 4.79 Å². The van der Waals surface area contributed by atoms with E-state index in [1.54, 1.807) is 37.6 Å². The van der Waals surface area contributed by atoms with Crippen molar-refractivity contribution in [2.75, 3.05) is 14.2 Å². The van der Waals surface area contributed by atoms with Crippen LogP contribution in [0.15, 0.2) is 47.6 Å². The van der Waals surface area contributed by atoms with E-state index in [-0.39, 0.29) is 5.91 Å². The van der Waals surface area contributed by atoms with Gasteiger partial charge in [0.1, 0.15) is 5.75 Å². The van der Waals surface area contributed by atoms with Crippen LogP contribution in [0.1, 0.15) is 22.8 Å². The Morgan fingerprint density at radius 2 is 1.92 bits per heavy atom. The lowest BCUT2D eigenvalue weighted by Crippen LogP contribution is -2.26. The fraction of sp³-hybridized carbons (Fsp3) is 0.222. The normalized spacial score (nSPS) is 12.2. The van der Waals surface area contributed by atoms with Gasteiger partial charge >= 0.3 is 0 Å². The molecule has 126 valence electrons. The summed E-state index contributed by atoms with van der Waals surface area (Å²) < 4.78 is 10.5. The van der Waals surface area contributed by atoms with E-state index in [1.807, 2.05) is 25.1 Å². The maximum atomic E-state index is 12.2. The molecule has 0 aliphatic rings. The fourth-order valence-electron chi connectivity index (χ4n) is 2.18. The Morgan fingerprint density at radius 3 is 2.54 bits per heavy atom. The second-order valence-electron chi connectivity index (χ2n) is 5.13. The van der Waals surface area contributed by atoms with Gasteiger partial charge in [-0.25, -0.2) is 5.43 Å². The van der Waals surface area contributed by atoms with Crippen molar-refractivity contribution in [3.05, 3.63) is 64.2 Å². The molecule has 24 heavy (non-hydrogen) atoms. The number of hydrogen-bond donors (Lipinski definition) is 1. The second kappa shape index (κ2) is 8.47. The van der Waals surface area contributed by atoms with Crippen LogP contribution in [0.3, 0.4) is 0 Å². The third-order valence-electron chi connectivity index (χ3n) is 3.47. The van der Waals surface area contributed by atoms with E-state index in [0.717, 1.165) is 16.9 Å². The molecule has 2 rings (SSSR count). The molecule has 2 aromatic rings. The van der Waals surface area contributed by atoms with Gasteiger partial charge < -0.3 is 9.47 Å². The lowest BCUT2D eigenvalue weighted by molar-refractivity contribution is -0.131. The zero-order chi connectivity index (χ0) is 17.5. The first-order valence-corrected chi connectivity index (χ1v) is 7.68. The SMILES string of the molecule is COc1cc(C=NNC(=O)C(OC)c2ccc(Cl)cc2)ccc1C. The number of hydrogen-bond acceptors (Lipinski definition) is 4. The molecule has 0 saturated carbocycles. The first-order valence-electron chi connectivity index (χ1n) is 7.31. The highest BCUT2D eigenvalue weighted by Gasteiger charge is 2.19. The Labute approximate surface area is 146 Å². The molecule has 0 aliphatic carbocycles. The Bertz CT molecular complexity index is 730. The molecule has 0 aliphatic heterocycles. The van der Waals surface area contributed by atoms with Crippen LogP contribution in [0.4, 0.5) is 0 Å². The topological polar surface area (TPSA) is 59.9 Å². The van der Waals surface area contributed by atoms with Gasteiger partial charge in [-0.15, -0.1) is 0 Å². The summed E-state index contributed by atoms with van der Waals surface area (Å²) in [6, 6.07) is 12.6. The van der Waals surface area contributed by atoms with Gasteiger partial charge in [-0.05, 0) is 41.8 Å². The van der Waals surface area contributed by atoms with E-state index in [9.17, 15) is 4.79 Å². The van der Waals surface area contributed by atoms with Crippen LogP contribution in [-0.2, 0) is 9.53 Å². The predicted molar refractivity (Wildman–Crippen MR) is 94.7 cm³/mol. The lowest BCUT2D eigenvalue weighted by atomic mass is 10.1. The third-order valence-corrected chi connectivity index (χ3v) is 3.72. The van der Waals surface area contributed by atoms with Crippen molar-refractivity contribution in [3.63, 3.8) is 0 Å². The summed E-state index contributed by atoms with van der Waals surface area (Å²) in [5.41, 5.74) is 5.03. The Balaban J connectivity index is 2.04. The summed E-state index contributed by atoms with van der Waals surface area (Å²) in [5.74, 6) is 0.399. The molecule has 1 amide bonds. The number of hydrazone groups is 1. The van der Waals surface area contributed by atoms with Crippen LogP contribution in [0, 0.1) is 6.92 Å². The molecule has 0 aromatic heterocycles. The van der Waals surface area contributed by atoms with Gasteiger partial charge in [0.25, 0.3) is 5.91 Å². The van der Waals surface area contributed by atoms with Crippen LogP contribution in [0.25, 0.3) is 0 Å². The van der Waals surface area contributed by atoms with Crippen LogP contribution in [0.5, 0.6) is 5.75 Å². The highest BCUT2D eigenvalue weighted by atomic mass is 35.5. The van der Waals surface area contributed by atoms with Crippen molar-refractivity contribution in [1.82, 2.24) is 5.43 Å². The molecule has 6 heteroatoms. The average molecular weight is 347 g/mol. The standard InChI is InChI=1S/C18H19ClN2O3/c1-12-4-5-13(10-16(12)23-2)11-20-21-18(22)17(24-3)14-6-8-15(19)9-7-14/h4-11,17H,1-3H3,(H,21,22). The molecule has 2 aromatic carbocycles. The maximum Gasteiger partial charge on any atom is 0.273 e. The molecule has 0 bridgehead atoms. The molecule has 0 heterocycles. The lowest BCUT2D eigenvalue weighted by Gasteiger charge is -2.13. The number of aryl methyl sites for hydroxylation is 1. The van der Waals surface area contributed by atoms with Gasteiger partial charge in [-0.2, -0.15) is 5.10 Å². The molecular weight excluding hydrogens is 328 g/mol. The van der Waals surface area contributed by atoms with Crippen LogP contribution >= 0.6 is 11.6 Å². The molecular formula is C18H19ClN2O3. The van der Waals surface area contributed by atoms with Crippen molar-refractivity contribution >= 4 is 23.7 Å². The Hall–Kier alpha value is -2.37. The largest absolute Gasteiger partial charge is 0.496 e. The van der Waals surface area contributed by atoms with Gasteiger partial charge in [0.2, 0.25) is 0 Å². The van der Waals surface area contributed by atoms with E-state index in [4.69, 9.17) is 21.1 Å². The van der Waals surface area contributed by atoms with Crippen molar-refractivity contribution < 1.29 is 14.3 Å². The number of halogens is 1. The van der Waals surface area contributed by atoms with Crippen LogP contribution in [-0.4, -0.2) is 26.3 Å². The molecule has 0 fully saturated rings. The number of nitrogens with one attached hydrogen (secondary N) is 1. The predicted octanol–water partition coefficient (Wildman–Crippen LogP) is 3.49. The summed E-state index contributed by atoms with van der Waals surface area (Å²) in [6.07, 6.45) is 0.793. The van der Waals surface area contributed by atoms with Crippen molar-refractivity contribution in [2.45, 2.75) is 13.0 Å². The summed E-state index contributed by atoms with van der Waals surface area (Å²) >= 11 is 5.85. The average Bonchev–Trinajstić information content (AvgIpc) is 2.58. The number of methoxy groups -OCH3 is 2. The van der Waals surface area contributed by atoms with Crippen molar-refractivity contribution in [1.29, 1.82) is 0 Å². The number of amides is 1. The smallest absolute Gasteiger partial charge is 0.273 e. The van der Waals surface area contributed by atoms with E-state index < -0.39 is 6.10 Å². The highest BCUT2D eigenvalue weighted by molar-refractivity contribution is 6.30. The van der Waals surface area contributed by atoms with Gasteiger partial charge in [0, 0.05) is 12.1 Å². The molecule has 5 nitrogen and oxygen atoms in total. The first-order chi connectivity index (χ1) is 11.5. The highest BCUT2D eigenvalue weighted by Crippen LogP contribution is 2.20. The van der Waals surface area contributed by atoms with Crippen molar-refractivity contribution in [3.8, 4) is 5.75 Å². The van der Waals surface area contributed by atoms with E-state index in [1.165, 1.54) is 7.11 Å². The first kappa shape index (κ1) is 18.0. The zero-order valence-corrected chi connectivity index (χ0v) is 14.5. The Morgan fingerprint density at radius 1 is 1.21 bits per heavy atom. The number of rotatable bonds is 6. The second-order valence-corrected chi connectivity index (χ2v) is 5.57. The number of nitrogens with zero attached hydrogens (tertiary/aromatic N) is 1. The fourth-order valence-corrected chi connectivity index (χ4v) is 2.30. The zero-order valence-electron chi connectivity index (χ0n) is 13.7. The molecule has 1 N–H and O–H groups in total. The van der Waals surface area contributed by atoms with Crippen molar-refractivity contribution in [2.24, 2.45) is 5.10 Å². The molecule has 0 radical (unpaired) electrons. The van der Waals surface area contributed by atoms with E-state index in [0.29, 0.717) is 10.6 Å². The summed E-state index contributed by atoms with van der Waals surface area (Å²) in [4.78, 5) is 12.2. The summed E-state index contributed by atoms with van der Waals surface area (Å²) in [5, 5.41) is 4.57. The number of ether oxygens (including phenoxy) is 2. The monoisotopic (exact) mass is 346 g/mol. The molecule has 1 atom stereocenters. The van der Waals surface area contributed by atoms with Gasteiger partial charge in [-0.1, -0.05) is 35.9 Å². The van der Waals surface area contributed by atoms with E-state index >= 15 is 0 Å². The number of carbonyl (C=O) groups is 1. The molecule has 0 spiro atoms. The number of carbonyl (C=O) groups excluding carboxylic acids is 1. The van der Waals surface area contributed by atoms with Crippen LogP contribution < -0.4 is 10.2 Å². The van der Waals surface area contributed by atoms with Gasteiger partial charge in [0.05, 0.1) is 13.3 Å². The molecule has 1 unspecified atom stereocenters. The number of benzene rings is 2.